The number of benzene rings is 2. The lowest BCUT2D eigenvalue weighted by molar-refractivity contribution is 0.430. The standard InChI is InChI=1S/C21H20N4OS/c1-14-4-6-16(7-5-14)13-25-15(2)12-19(23-25)21-22-20(24-26-21)17-8-10-18(27-3)11-9-17/h4-12H,13H2,1-3H3. The summed E-state index contributed by atoms with van der Waals surface area (Å²) in [5, 5.41) is 8.76. The molecule has 4 aromatic rings. The minimum atomic E-state index is 0.435. The summed E-state index contributed by atoms with van der Waals surface area (Å²) in [7, 11) is 0. The maximum atomic E-state index is 5.45. The molecule has 2 aromatic carbocycles. The molecule has 0 aliphatic rings. The van der Waals surface area contributed by atoms with Gasteiger partial charge in [-0.15, -0.1) is 11.8 Å². The van der Waals surface area contributed by atoms with E-state index in [2.05, 4.69) is 64.8 Å². The lowest BCUT2D eigenvalue weighted by Crippen LogP contribution is -2.03. The Morgan fingerprint density at radius 2 is 1.74 bits per heavy atom. The molecule has 2 heterocycles. The van der Waals surface area contributed by atoms with Crippen molar-refractivity contribution in [2.24, 2.45) is 0 Å². The van der Waals surface area contributed by atoms with Crippen LogP contribution in [0.1, 0.15) is 16.8 Å². The predicted molar refractivity (Wildman–Crippen MR) is 108 cm³/mol. The zero-order valence-electron chi connectivity index (χ0n) is 15.5. The molecule has 4 rings (SSSR count). The Kier molecular flexibility index (Phi) is 4.81. The summed E-state index contributed by atoms with van der Waals surface area (Å²) in [6, 6.07) is 18.6. The highest BCUT2D eigenvalue weighted by molar-refractivity contribution is 7.98. The molecule has 0 bridgehead atoms. The molecule has 0 atom stereocenters. The third kappa shape index (κ3) is 3.80. The van der Waals surface area contributed by atoms with Gasteiger partial charge in [0.25, 0.3) is 5.89 Å². The van der Waals surface area contributed by atoms with Crippen molar-refractivity contribution in [1.82, 2.24) is 19.9 Å². The molecule has 5 nitrogen and oxygen atoms in total. The van der Waals surface area contributed by atoms with E-state index in [1.54, 1.807) is 11.8 Å². The molecule has 6 heteroatoms. The molecule has 0 unspecified atom stereocenters. The summed E-state index contributed by atoms with van der Waals surface area (Å²) in [5.74, 6) is 1.01. The van der Waals surface area contributed by atoms with Crippen molar-refractivity contribution in [2.45, 2.75) is 25.3 Å². The van der Waals surface area contributed by atoms with E-state index in [1.807, 2.05) is 29.8 Å². The van der Waals surface area contributed by atoms with Crippen LogP contribution in [0.25, 0.3) is 23.0 Å². The van der Waals surface area contributed by atoms with Crippen molar-refractivity contribution >= 4 is 11.8 Å². The maximum Gasteiger partial charge on any atom is 0.278 e. The highest BCUT2D eigenvalue weighted by Crippen LogP contribution is 2.24. The number of aromatic nitrogens is 4. The molecule has 0 N–H and O–H groups in total. The van der Waals surface area contributed by atoms with Crippen LogP contribution in [0.5, 0.6) is 0 Å². The Hall–Kier alpha value is -2.86. The van der Waals surface area contributed by atoms with E-state index in [0.717, 1.165) is 11.3 Å². The summed E-state index contributed by atoms with van der Waals surface area (Å²) in [4.78, 5) is 5.72. The van der Waals surface area contributed by atoms with Crippen LogP contribution in [0.2, 0.25) is 0 Å². The number of thioether (sulfide) groups is 1. The maximum absolute atomic E-state index is 5.45. The second-order valence-electron chi connectivity index (χ2n) is 6.47. The Morgan fingerprint density at radius 3 is 2.44 bits per heavy atom. The van der Waals surface area contributed by atoms with Gasteiger partial charge in [0, 0.05) is 16.2 Å². The van der Waals surface area contributed by atoms with Crippen LogP contribution < -0.4 is 0 Å². The van der Waals surface area contributed by atoms with E-state index in [4.69, 9.17) is 4.52 Å². The average Bonchev–Trinajstić information content (AvgIpc) is 3.31. The van der Waals surface area contributed by atoms with Crippen molar-refractivity contribution in [3.8, 4) is 23.0 Å². The third-order valence-corrected chi connectivity index (χ3v) is 5.17. The summed E-state index contributed by atoms with van der Waals surface area (Å²) < 4.78 is 7.41. The minimum Gasteiger partial charge on any atom is -0.332 e. The van der Waals surface area contributed by atoms with Crippen LogP contribution in [-0.2, 0) is 6.54 Å². The topological polar surface area (TPSA) is 56.7 Å². The molecule has 0 saturated carbocycles. The van der Waals surface area contributed by atoms with Crippen molar-refractivity contribution in [3.05, 3.63) is 71.4 Å². The van der Waals surface area contributed by atoms with Crippen LogP contribution in [0.3, 0.4) is 0 Å². The van der Waals surface area contributed by atoms with Gasteiger partial charge in [0.05, 0.1) is 6.54 Å². The zero-order valence-corrected chi connectivity index (χ0v) is 16.3. The summed E-state index contributed by atoms with van der Waals surface area (Å²) >= 11 is 1.70. The van der Waals surface area contributed by atoms with Gasteiger partial charge in [0.1, 0.15) is 0 Å². The number of aryl methyl sites for hydroxylation is 2. The zero-order chi connectivity index (χ0) is 18.8. The van der Waals surface area contributed by atoms with Crippen molar-refractivity contribution in [1.29, 1.82) is 0 Å². The monoisotopic (exact) mass is 376 g/mol. The van der Waals surface area contributed by atoms with Crippen LogP contribution >= 0.6 is 11.8 Å². The van der Waals surface area contributed by atoms with Gasteiger partial charge in [-0.25, -0.2) is 0 Å². The normalized spacial score (nSPS) is 11.1. The first-order valence-corrected chi connectivity index (χ1v) is 9.93. The van der Waals surface area contributed by atoms with Crippen molar-refractivity contribution in [2.75, 3.05) is 6.26 Å². The molecule has 0 aliphatic heterocycles. The molecule has 0 saturated heterocycles. The van der Waals surface area contributed by atoms with E-state index in [1.165, 1.54) is 16.0 Å². The first-order chi connectivity index (χ1) is 13.1. The van der Waals surface area contributed by atoms with Gasteiger partial charge in [-0.2, -0.15) is 10.1 Å². The van der Waals surface area contributed by atoms with Gasteiger partial charge in [0.2, 0.25) is 5.82 Å². The van der Waals surface area contributed by atoms with Crippen LogP contribution in [-0.4, -0.2) is 26.2 Å². The van der Waals surface area contributed by atoms with E-state index in [-0.39, 0.29) is 0 Å². The van der Waals surface area contributed by atoms with Gasteiger partial charge in [-0.05, 0) is 56.0 Å². The van der Waals surface area contributed by atoms with Crippen LogP contribution in [0.4, 0.5) is 0 Å². The lowest BCUT2D eigenvalue weighted by Gasteiger charge is -2.04. The minimum absolute atomic E-state index is 0.435. The SMILES string of the molecule is CSc1ccc(-c2noc(-c3cc(C)n(Cc4ccc(C)cc4)n3)n2)cc1. The first kappa shape index (κ1) is 17.5. The molecular weight excluding hydrogens is 356 g/mol. The number of rotatable bonds is 5. The average molecular weight is 376 g/mol. The second-order valence-corrected chi connectivity index (χ2v) is 7.35. The van der Waals surface area contributed by atoms with E-state index >= 15 is 0 Å². The fourth-order valence-corrected chi connectivity index (χ4v) is 3.23. The Bertz CT molecular complexity index is 1050. The van der Waals surface area contributed by atoms with Crippen molar-refractivity contribution < 1.29 is 4.52 Å². The second kappa shape index (κ2) is 7.40. The number of hydrogen-bond acceptors (Lipinski definition) is 5. The van der Waals surface area contributed by atoms with E-state index in [9.17, 15) is 0 Å². The fourth-order valence-electron chi connectivity index (χ4n) is 2.83. The van der Waals surface area contributed by atoms with Gasteiger partial charge < -0.3 is 4.52 Å². The Balaban J connectivity index is 1.57. The molecular formula is C21H20N4OS. The Morgan fingerprint density at radius 1 is 1.00 bits per heavy atom. The highest BCUT2D eigenvalue weighted by atomic mass is 32.2. The predicted octanol–water partition coefficient (Wildman–Crippen LogP) is 4.99. The summed E-state index contributed by atoms with van der Waals surface area (Å²) in [5.41, 5.74) is 5.13. The molecule has 0 fully saturated rings. The summed E-state index contributed by atoms with van der Waals surface area (Å²) in [6.07, 6.45) is 2.05. The lowest BCUT2D eigenvalue weighted by atomic mass is 10.1. The van der Waals surface area contributed by atoms with Gasteiger partial charge >= 0.3 is 0 Å². The number of hydrogen-bond donors (Lipinski definition) is 0. The molecule has 27 heavy (non-hydrogen) atoms. The third-order valence-electron chi connectivity index (χ3n) is 4.43. The molecule has 0 amide bonds. The quantitative estimate of drug-likeness (QED) is 0.459. The largest absolute Gasteiger partial charge is 0.332 e. The molecule has 0 aliphatic carbocycles. The summed E-state index contributed by atoms with van der Waals surface area (Å²) in [6.45, 7) is 4.83. The van der Waals surface area contributed by atoms with E-state index < -0.39 is 0 Å². The first-order valence-electron chi connectivity index (χ1n) is 8.71. The Labute approximate surface area is 162 Å². The highest BCUT2D eigenvalue weighted by Gasteiger charge is 2.15. The van der Waals surface area contributed by atoms with Crippen molar-refractivity contribution in [3.63, 3.8) is 0 Å². The molecule has 0 spiro atoms. The molecule has 0 radical (unpaired) electrons. The van der Waals surface area contributed by atoms with Gasteiger partial charge in [-0.1, -0.05) is 35.0 Å². The van der Waals surface area contributed by atoms with E-state index in [0.29, 0.717) is 24.0 Å². The molecule has 2 aromatic heterocycles. The smallest absolute Gasteiger partial charge is 0.278 e. The number of nitrogens with zero attached hydrogens (tertiary/aromatic N) is 4. The fraction of sp³-hybridized carbons (Fsp3) is 0.190. The van der Waals surface area contributed by atoms with Crippen LogP contribution in [0, 0.1) is 13.8 Å². The van der Waals surface area contributed by atoms with Crippen LogP contribution in [0.15, 0.2) is 64.0 Å². The van der Waals surface area contributed by atoms with Gasteiger partial charge in [-0.3, -0.25) is 4.68 Å². The molecule has 136 valence electrons. The van der Waals surface area contributed by atoms with Gasteiger partial charge in [0.15, 0.2) is 5.69 Å².